The van der Waals surface area contributed by atoms with Crippen LogP contribution in [0, 0.1) is 12.2 Å². The van der Waals surface area contributed by atoms with Crippen LogP contribution in [-0.2, 0) is 4.79 Å². The number of halogens is 2. The highest BCUT2D eigenvalue weighted by Gasteiger charge is 2.29. The smallest absolute Gasteiger partial charge is 0.166 e. The van der Waals surface area contributed by atoms with Gasteiger partial charge in [0, 0.05) is 11.8 Å². The van der Waals surface area contributed by atoms with Gasteiger partial charge in [-0.05, 0) is 31.0 Å². The van der Waals surface area contributed by atoms with Crippen molar-refractivity contribution in [3.63, 3.8) is 0 Å². The zero-order valence-electron chi connectivity index (χ0n) is 9.90. The summed E-state index contributed by atoms with van der Waals surface area (Å²) in [7, 11) is 0. The molecule has 0 aliphatic heterocycles. The number of rotatable bonds is 2. The SMILES string of the molecule is O=Cc1cc2c(Cl)cc(F)cc2n1C1C[CH]CC1=O. The van der Waals surface area contributed by atoms with E-state index in [-0.39, 0.29) is 10.8 Å². The van der Waals surface area contributed by atoms with Crippen LogP contribution in [0.2, 0.25) is 5.02 Å². The molecule has 1 fully saturated rings. The van der Waals surface area contributed by atoms with Crippen LogP contribution in [0.5, 0.6) is 0 Å². The van der Waals surface area contributed by atoms with Crippen LogP contribution in [0.15, 0.2) is 18.2 Å². The molecule has 1 heterocycles. The number of carbonyl (C=O) groups excluding carboxylic acids is 2. The van der Waals surface area contributed by atoms with Gasteiger partial charge in [0.2, 0.25) is 0 Å². The monoisotopic (exact) mass is 278 g/mol. The molecule has 5 heteroatoms. The first-order valence-electron chi connectivity index (χ1n) is 5.91. The van der Waals surface area contributed by atoms with E-state index < -0.39 is 11.9 Å². The first-order chi connectivity index (χ1) is 9.11. The van der Waals surface area contributed by atoms with Gasteiger partial charge in [-0.2, -0.15) is 0 Å². The number of aromatic nitrogens is 1. The van der Waals surface area contributed by atoms with Crippen molar-refractivity contribution in [3.05, 3.63) is 41.2 Å². The molecule has 1 atom stereocenters. The summed E-state index contributed by atoms with van der Waals surface area (Å²) in [6.07, 6.45) is 3.47. The van der Waals surface area contributed by atoms with Crippen LogP contribution in [0.25, 0.3) is 10.9 Å². The lowest BCUT2D eigenvalue weighted by Crippen LogP contribution is -2.15. The Morgan fingerprint density at radius 2 is 2.16 bits per heavy atom. The summed E-state index contributed by atoms with van der Waals surface area (Å²) < 4.78 is 15.1. The number of fused-ring (bicyclic) bond motifs is 1. The summed E-state index contributed by atoms with van der Waals surface area (Å²) in [5, 5.41) is 0.830. The molecule has 1 aromatic heterocycles. The normalized spacial score (nSPS) is 19.3. The second-order valence-corrected chi connectivity index (χ2v) is 5.00. The molecule has 1 aliphatic carbocycles. The number of aldehydes is 1. The quantitative estimate of drug-likeness (QED) is 0.790. The first kappa shape index (κ1) is 12.4. The molecule has 1 aliphatic rings. The zero-order chi connectivity index (χ0) is 13.6. The molecule has 0 saturated heterocycles. The average molecular weight is 279 g/mol. The molecule has 3 nitrogen and oxygen atoms in total. The van der Waals surface area contributed by atoms with Crippen LogP contribution in [0.4, 0.5) is 4.39 Å². The molecule has 1 radical (unpaired) electrons. The van der Waals surface area contributed by atoms with Crippen molar-refractivity contribution in [1.82, 2.24) is 4.57 Å². The Morgan fingerprint density at radius 3 is 2.79 bits per heavy atom. The minimum Gasteiger partial charge on any atom is -0.328 e. The van der Waals surface area contributed by atoms with Gasteiger partial charge in [0.15, 0.2) is 12.1 Å². The van der Waals surface area contributed by atoms with E-state index in [2.05, 4.69) is 0 Å². The molecular formula is C14H10ClFNO2. The molecule has 0 amide bonds. The van der Waals surface area contributed by atoms with Crippen molar-refractivity contribution >= 4 is 34.6 Å². The van der Waals surface area contributed by atoms with Crippen molar-refractivity contribution in [2.24, 2.45) is 0 Å². The van der Waals surface area contributed by atoms with Crippen LogP contribution in [0.1, 0.15) is 29.4 Å². The number of nitrogens with zero attached hydrogens (tertiary/aromatic N) is 1. The van der Waals surface area contributed by atoms with Gasteiger partial charge in [-0.3, -0.25) is 9.59 Å². The molecule has 0 bridgehead atoms. The van der Waals surface area contributed by atoms with E-state index in [1.54, 1.807) is 10.6 Å². The minimum absolute atomic E-state index is 0.0287. The Hall–Kier alpha value is -1.68. The van der Waals surface area contributed by atoms with Crippen LogP contribution in [0.3, 0.4) is 0 Å². The fraction of sp³-hybridized carbons (Fsp3) is 0.214. The minimum atomic E-state index is -0.483. The Labute approximate surface area is 114 Å². The van der Waals surface area contributed by atoms with Gasteiger partial charge < -0.3 is 4.57 Å². The van der Waals surface area contributed by atoms with Crippen molar-refractivity contribution < 1.29 is 14.0 Å². The fourth-order valence-electron chi connectivity index (χ4n) is 2.61. The van der Waals surface area contributed by atoms with Gasteiger partial charge in [0.05, 0.1) is 22.3 Å². The van der Waals surface area contributed by atoms with E-state index in [1.165, 1.54) is 12.1 Å². The second-order valence-electron chi connectivity index (χ2n) is 4.59. The highest BCUT2D eigenvalue weighted by molar-refractivity contribution is 6.35. The van der Waals surface area contributed by atoms with Gasteiger partial charge in [0.25, 0.3) is 0 Å². The number of carbonyl (C=O) groups is 2. The maximum absolute atomic E-state index is 13.5. The van der Waals surface area contributed by atoms with Gasteiger partial charge in [-0.15, -0.1) is 0 Å². The predicted molar refractivity (Wildman–Crippen MR) is 69.9 cm³/mol. The molecule has 0 spiro atoms. The molecule has 1 aromatic carbocycles. The van der Waals surface area contributed by atoms with E-state index in [0.29, 0.717) is 35.7 Å². The summed E-state index contributed by atoms with van der Waals surface area (Å²) in [4.78, 5) is 23.0. The van der Waals surface area contributed by atoms with E-state index in [4.69, 9.17) is 11.6 Å². The number of Topliss-reactive ketones (excluding diaryl/α,β-unsaturated/α-hetero) is 1. The highest BCUT2D eigenvalue weighted by Crippen LogP contribution is 2.34. The second kappa shape index (κ2) is 4.46. The summed E-state index contributed by atoms with van der Waals surface area (Å²) in [5.41, 5.74) is 0.830. The topological polar surface area (TPSA) is 39.1 Å². The van der Waals surface area contributed by atoms with E-state index in [9.17, 15) is 14.0 Å². The molecule has 3 rings (SSSR count). The summed E-state index contributed by atoms with van der Waals surface area (Å²) in [6.45, 7) is 0. The first-order valence-corrected chi connectivity index (χ1v) is 6.29. The van der Waals surface area contributed by atoms with E-state index in [1.807, 2.05) is 6.42 Å². The Morgan fingerprint density at radius 1 is 1.37 bits per heavy atom. The zero-order valence-corrected chi connectivity index (χ0v) is 10.7. The number of hydrogen-bond acceptors (Lipinski definition) is 2. The lowest BCUT2D eigenvalue weighted by Gasteiger charge is -2.14. The lowest BCUT2D eigenvalue weighted by molar-refractivity contribution is -0.119. The van der Waals surface area contributed by atoms with Crippen molar-refractivity contribution in [3.8, 4) is 0 Å². The summed E-state index contributed by atoms with van der Waals surface area (Å²) in [5.74, 6) is -0.454. The third kappa shape index (κ3) is 1.87. The maximum Gasteiger partial charge on any atom is 0.166 e. The number of benzene rings is 1. The van der Waals surface area contributed by atoms with E-state index in [0.717, 1.165) is 0 Å². The van der Waals surface area contributed by atoms with Crippen LogP contribution >= 0.6 is 11.6 Å². The molecule has 1 unspecified atom stereocenters. The maximum atomic E-state index is 13.5. The fourth-order valence-corrected chi connectivity index (χ4v) is 2.86. The largest absolute Gasteiger partial charge is 0.328 e. The Kier molecular flexibility index (Phi) is 2.90. The third-order valence-corrected chi connectivity index (χ3v) is 3.75. The van der Waals surface area contributed by atoms with Gasteiger partial charge in [0.1, 0.15) is 5.82 Å². The third-order valence-electron chi connectivity index (χ3n) is 3.44. The highest BCUT2D eigenvalue weighted by atomic mass is 35.5. The molecular weight excluding hydrogens is 269 g/mol. The average Bonchev–Trinajstić information content (AvgIpc) is 2.92. The lowest BCUT2D eigenvalue weighted by atomic mass is 10.2. The van der Waals surface area contributed by atoms with Crippen molar-refractivity contribution in [1.29, 1.82) is 0 Å². The van der Waals surface area contributed by atoms with Crippen LogP contribution < -0.4 is 0 Å². The van der Waals surface area contributed by atoms with E-state index >= 15 is 0 Å². The molecule has 19 heavy (non-hydrogen) atoms. The molecule has 0 N–H and O–H groups in total. The molecule has 2 aromatic rings. The Balaban J connectivity index is 2.32. The molecule has 97 valence electrons. The molecule has 1 saturated carbocycles. The summed E-state index contributed by atoms with van der Waals surface area (Å²) in [6, 6.07) is 3.66. The Bertz CT molecular complexity index is 692. The summed E-state index contributed by atoms with van der Waals surface area (Å²) >= 11 is 5.99. The van der Waals surface area contributed by atoms with Gasteiger partial charge in [-0.25, -0.2) is 4.39 Å². The van der Waals surface area contributed by atoms with Crippen molar-refractivity contribution in [2.45, 2.75) is 18.9 Å². The number of ketones is 1. The predicted octanol–water partition coefficient (Wildman–Crippen LogP) is 3.35. The number of hydrogen-bond donors (Lipinski definition) is 0. The van der Waals surface area contributed by atoms with Gasteiger partial charge in [-0.1, -0.05) is 11.6 Å². The van der Waals surface area contributed by atoms with Gasteiger partial charge >= 0.3 is 0 Å². The van der Waals surface area contributed by atoms with Crippen molar-refractivity contribution in [2.75, 3.05) is 0 Å². The van der Waals surface area contributed by atoms with Crippen LogP contribution in [-0.4, -0.2) is 16.6 Å². The standard InChI is InChI=1S/C14H10ClFNO2/c15-11-4-8(16)5-13-10(11)6-9(7-18)17(13)12-2-1-3-14(12)19/h1,4-7,12H,2-3H2.